The first-order chi connectivity index (χ1) is 7.27. The van der Waals surface area contributed by atoms with E-state index in [1.165, 1.54) is 0 Å². The van der Waals surface area contributed by atoms with Crippen LogP contribution in [0.2, 0.25) is 0 Å². The Kier molecular flexibility index (Phi) is 2.95. The first kappa shape index (κ1) is 10.5. The molecule has 4 nitrogen and oxygen atoms in total. The van der Waals surface area contributed by atoms with Gasteiger partial charge >= 0.3 is 0 Å². The van der Waals surface area contributed by atoms with Gasteiger partial charge < -0.3 is 9.15 Å². The number of benzene rings is 1. The van der Waals surface area contributed by atoms with Crippen molar-refractivity contribution in [1.29, 1.82) is 0 Å². The van der Waals surface area contributed by atoms with Crippen LogP contribution in [-0.2, 0) is 11.4 Å². The van der Waals surface area contributed by atoms with Gasteiger partial charge in [0.05, 0.1) is 20.0 Å². The van der Waals surface area contributed by atoms with E-state index in [2.05, 4.69) is 20.8 Å². The van der Waals surface area contributed by atoms with E-state index in [-0.39, 0.29) is 0 Å². The van der Waals surface area contributed by atoms with Gasteiger partial charge in [0.2, 0.25) is 0 Å². The number of hydrogen-bond acceptors (Lipinski definition) is 4. The quantitative estimate of drug-likeness (QED) is 0.872. The zero-order chi connectivity index (χ0) is 10.8. The zero-order valence-electron chi connectivity index (χ0n) is 8.12. The molecule has 0 saturated heterocycles. The van der Waals surface area contributed by atoms with Crippen LogP contribution in [-0.4, -0.2) is 7.11 Å². The second-order valence-corrected chi connectivity index (χ2v) is 3.82. The number of furan rings is 1. The van der Waals surface area contributed by atoms with E-state index in [1.54, 1.807) is 13.4 Å². The third-order valence-electron chi connectivity index (χ3n) is 2.17. The largest absolute Gasteiger partial charge is 0.493 e. The summed E-state index contributed by atoms with van der Waals surface area (Å²) in [7, 11) is 1.60. The van der Waals surface area contributed by atoms with Gasteiger partial charge in [-0.3, -0.25) is 4.84 Å². The molecule has 2 N–H and O–H groups in total. The Labute approximate surface area is 95.0 Å². The van der Waals surface area contributed by atoms with Crippen LogP contribution in [0, 0.1) is 0 Å². The highest BCUT2D eigenvalue weighted by Gasteiger charge is 2.13. The summed E-state index contributed by atoms with van der Waals surface area (Å²) in [5.74, 6) is 5.73. The summed E-state index contributed by atoms with van der Waals surface area (Å²) >= 11 is 3.47. The third kappa shape index (κ3) is 1.73. The Morgan fingerprint density at radius 1 is 1.53 bits per heavy atom. The van der Waals surface area contributed by atoms with Crippen molar-refractivity contribution >= 4 is 26.9 Å². The lowest BCUT2D eigenvalue weighted by Crippen LogP contribution is -2.00. The van der Waals surface area contributed by atoms with Crippen LogP contribution < -0.4 is 10.6 Å². The van der Waals surface area contributed by atoms with Gasteiger partial charge in [-0.1, -0.05) is 0 Å². The lowest BCUT2D eigenvalue weighted by atomic mass is 10.1. The fourth-order valence-corrected chi connectivity index (χ4v) is 2.02. The van der Waals surface area contributed by atoms with Crippen molar-refractivity contribution < 1.29 is 14.0 Å². The standard InChI is InChI=1S/C10H10BrNO3/c1-13-8-4-6(5-15-12)9(11)7-2-3-14-10(7)8/h2-4H,5,12H2,1H3. The highest BCUT2D eigenvalue weighted by Crippen LogP contribution is 2.35. The van der Waals surface area contributed by atoms with Gasteiger partial charge in [0.25, 0.3) is 0 Å². The van der Waals surface area contributed by atoms with Gasteiger partial charge in [0.15, 0.2) is 11.3 Å². The normalized spacial score (nSPS) is 10.9. The molecular formula is C10H10BrNO3. The SMILES string of the molecule is COc1cc(CON)c(Br)c2ccoc12. The number of fused-ring (bicyclic) bond motifs is 1. The van der Waals surface area contributed by atoms with Gasteiger partial charge in [-0.2, -0.15) is 0 Å². The molecule has 1 aromatic carbocycles. The Balaban J connectivity index is 2.67. The second-order valence-electron chi connectivity index (χ2n) is 3.03. The average molecular weight is 272 g/mol. The molecular weight excluding hydrogens is 262 g/mol. The Bertz CT molecular complexity index is 481. The van der Waals surface area contributed by atoms with Gasteiger partial charge in [0.1, 0.15) is 0 Å². The second kappa shape index (κ2) is 4.22. The van der Waals surface area contributed by atoms with Crippen molar-refractivity contribution in [2.45, 2.75) is 6.61 Å². The lowest BCUT2D eigenvalue weighted by molar-refractivity contribution is 0.123. The van der Waals surface area contributed by atoms with Crippen molar-refractivity contribution in [2.24, 2.45) is 5.90 Å². The third-order valence-corrected chi connectivity index (χ3v) is 3.11. The molecule has 0 aliphatic carbocycles. The number of rotatable bonds is 3. The summed E-state index contributed by atoms with van der Waals surface area (Å²) in [6.45, 7) is 0.318. The van der Waals surface area contributed by atoms with Crippen molar-refractivity contribution in [3.63, 3.8) is 0 Å². The van der Waals surface area contributed by atoms with E-state index in [0.717, 1.165) is 15.4 Å². The molecule has 0 aliphatic heterocycles. The predicted molar refractivity (Wildman–Crippen MR) is 59.4 cm³/mol. The fourth-order valence-electron chi connectivity index (χ4n) is 1.48. The number of halogens is 1. The maximum Gasteiger partial charge on any atom is 0.176 e. The maximum atomic E-state index is 5.33. The molecule has 0 unspecified atom stereocenters. The van der Waals surface area contributed by atoms with Crippen LogP contribution in [0.15, 0.2) is 27.3 Å². The average Bonchev–Trinajstić information content (AvgIpc) is 2.71. The molecule has 80 valence electrons. The molecule has 2 rings (SSSR count). The summed E-state index contributed by atoms with van der Waals surface area (Å²) in [4.78, 5) is 4.62. The first-order valence-corrected chi connectivity index (χ1v) is 5.11. The van der Waals surface area contributed by atoms with Crippen LogP contribution in [0.25, 0.3) is 11.0 Å². The van der Waals surface area contributed by atoms with Gasteiger partial charge in [-0.25, -0.2) is 5.90 Å². The number of hydrogen-bond donors (Lipinski definition) is 1. The molecule has 0 atom stereocenters. The van der Waals surface area contributed by atoms with E-state index in [9.17, 15) is 0 Å². The highest BCUT2D eigenvalue weighted by molar-refractivity contribution is 9.10. The summed E-state index contributed by atoms with van der Waals surface area (Å²) < 4.78 is 11.5. The topological polar surface area (TPSA) is 57.6 Å². The molecule has 0 fully saturated rings. The van der Waals surface area contributed by atoms with Gasteiger partial charge in [-0.15, -0.1) is 0 Å². The molecule has 0 spiro atoms. The highest BCUT2D eigenvalue weighted by atomic mass is 79.9. The zero-order valence-corrected chi connectivity index (χ0v) is 9.71. The Morgan fingerprint density at radius 3 is 3.00 bits per heavy atom. The molecule has 0 amide bonds. The summed E-state index contributed by atoms with van der Waals surface area (Å²) in [6, 6.07) is 3.70. The molecule has 0 bridgehead atoms. The monoisotopic (exact) mass is 271 g/mol. The summed E-state index contributed by atoms with van der Waals surface area (Å²) in [5, 5.41) is 0.946. The van der Waals surface area contributed by atoms with Crippen molar-refractivity contribution in [2.75, 3.05) is 7.11 Å². The van der Waals surface area contributed by atoms with E-state index < -0.39 is 0 Å². The van der Waals surface area contributed by atoms with E-state index in [1.807, 2.05) is 12.1 Å². The molecule has 15 heavy (non-hydrogen) atoms. The maximum absolute atomic E-state index is 5.33. The first-order valence-electron chi connectivity index (χ1n) is 4.32. The van der Waals surface area contributed by atoms with Crippen LogP contribution in [0.4, 0.5) is 0 Å². The molecule has 5 heteroatoms. The van der Waals surface area contributed by atoms with Gasteiger partial charge in [-0.05, 0) is 33.6 Å². The number of ether oxygens (including phenoxy) is 1. The van der Waals surface area contributed by atoms with Crippen LogP contribution in [0.5, 0.6) is 5.75 Å². The molecule has 0 aliphatic rings. The molecule has 1 heterocycles. The Morgan fingerprint density at radius 2 is 2.33 bits per heavy atom. The molecule has 2 aromatic rings. The summed E-state index contributed by atoms with van der Waals surface area (Å²) in [5.41, 5.74) is 1.63. The van der Waals surface area contributed by atoms with Crippen molar-refractivity contribution in [3.05, 3.63) is 28.4 Å². The predicted octanol–water partition coefficient (Wildman–Crippen LogP) is 2.59. The number of methoxy groups -OCH3 is 1. The molecule has 0 saturated carbocycles. The number of nitrogens with two attached hydrogens (primary N) is 1. The minimum atomic E-state index is 0.318. The van der Waals surface area contributed by atoms with Gasteiger partial charge in [0, 0.05) is 9.86 Å². The van der Waals surface area contributed by atoms with Crippen LogP contribution in [0.3, 0.4) is 0 Å². The van der Waals surface area contributed by atoms with E-state index in [0.29, 0.717) is 17.9 Å². The van der Waals surface area contributed by atoms with Crippen molar-refractivity contribution in [1.82, 2.24) is 0 Å². The van der Waals surface area contributed by atoms with E-state index >= 15 is 0 Å². The van der Waals surface area contributed by atoms with Crippen molar-refractivity contribution in [3.8, 4) is 5.75 Å². The van der Waals surface area contributed by atoms with Crippen LogP contribution >= 0.6 is 15.9 Å². The molecule has 1 aromatic heterocycles. The fraction of sp³-hybridized carbons (Fsp3) is 0.200. The summed E-state index contributed by atoms with van der Waals surface area (Å²) in [6.07, 6.45) is 1.62. The van der Waals surface area contributed by atoms with Crippen LogP contribution in [0.1, 0.15) is 5.56 Å². The minimum absolute atomic E-state index is 0.318. The minimum Gasteiger partial charge on any atom is -0.493 e. The molecule has 0 radical (unpaired) electrons. The smallest absolute Gasteiger partial charge is 0.176 e. The Hall–Kier alpha value is -1.04. The van der Waals surface area contributed by atoms with E-state index in [4.69, 9.17) is 15.1 Å². The lowest BCUT2D eigenvalue weighted by Gasteiger charge is -2.07.